The molecule has 3 aromatic rings. The summed E-state index contributed by atoms with van der Waals surface area (Å²) in [5, 5.41) is 0. The Bertz CT molecular complexity index is 931. The molecule has 0 saturated carbocycles. The second-order valence-electron chi connectivity index (χ2n) is 5.12. The number of nitrogens with two attached hydrogens (primary N) is 2. The summed E-state index contributed by atoms with van der Waals surface area (Å²) in [6.07, 6.45) is 0.697. The molecule has 0 aliphatic rings. The van der Waals surface area contributed by atoms with Gasteiger partial charge in [0.1, 0.15) is 11.3 Å². The van der Waals surface area contributed by atoms with Crippen LogP contribution in [0.4, 0.5) is 0 Å². The number of nitrogens with zero attached hydrogens (tertiary/aromatic N) is 1. The molecular formula is C18H16N4O. The average Bonchev–Trinajstić information content (AvgIpc) is 2.96. The minimum absolute atomic E-state index is 0.444. The van der Waals surface area contributed by atoms with Gasteiger partial charge in [-0.25, -0.2) is 4.98 Å². The molecule has 5 nitrogen and oxygen atoms in total. The van der Waals surface area contributed by atoms with Gasteiger partial charge < -0.3 is 16.5 Å². The van der Waals surface area contributed by atoms with Crippen molar-refractivity contribution in [2.45, 2.75) is 6.42 Å². The highest BCUT2D eigenvalue weighted by atomic mass is 16.1. The van der Waals surface area contributed by atoms with Crippen molar-refractivity contribution in [3.63, 3.8) is 0 Å². The predicted molar refractivity (Wildman–Crippen MR) is 89.8 cm³/mol. The number of hydrogen-bond donors (Lipinski definition) is 3. The topological polar surface area (TPSA) is 97.8 Å². The molecule has 1 heterocycles. The summed E-state index contributed by atoms with van der Waals surface area (Å²) >= 11 is 0. The number of aromatic amines is 1. The lowest BCUT2D eigenvalue weighted by atomic mass is 10.1. The van der Waals surface area contributed by atoms with Gasteiger partial charge in [-0.05, 0) is 36.9 Å². The fourth-order valence-corrected chi connectivity index (χ4v) is 2.33. The Hall–Kier alpha value is -3.10. The summed E-state index contributed by atoms with van der Waals surface area (Å²) in [5.41, 5.74) is 14.6. The Kier molecular flexibility index (Phi) is 4.09. The molecule has 1 aromatic heterocycles. The van der Waals surface area contributed by atoms with Crippen molar-refractivity contribution in [1.29, 1.82) is 0 Å². The maximum atomic E-state index is 11.2. The Labute approximate surface area is 133 Å². The van der Waals surface area contributed by atoms with Crippen molar-refractivity contribution in [2.75, 3.05) is 6.54 Å². The van der Waals surface area contributed by atoms with E-state index in [1.165, 1.54) is 0 Å². The molecule has 114 valence electrons. The van der Waals surface area contributed by atoms with Gasteiger partial charge in [-0.15, -0.1) is 0 Å². The number of nitrogens with one attached hydrogen (secondary N) is 1. The third-order valence-corrected chi connectivity index (χ3v) is 3.43. The molecule has 0 atom stereocenters. The zero-order valence-corrected chi connectivity index (χ0v) is 12.5. The van der Waals surface area contributed by atoms with Crippen LogP contribution in [0.3, 0.4) is 0 Å². The highest BCUT2D eigenvalue weighted by molar-refractivity contribution is 5.93. The van der Waals surface area contributed by atoms with Gasteiger partial charge in [-0.2, -0.15) is 0 Å². The van der Waals surface area contributed by atoms with Crippen LogP contribution >= 0.6 is 0 Å². The second kappa shape index (κ2) is 6.34. The number of imidazole rings is 1. The highest BCUT2D eigenvalue weighted by Crippen LogP contribution is 2.16. The molecule has 23 heavy (non-hydrogen) atoms. The van der Waals surface area contributed by atoms with E-state index in [-0.39, 0.29) is 0 Å². The van der Waals surface area contributed by atoms with Crippen molar-refractivity contribution in [1.82, 2.24) is 9.97 Å². The van der Waals surface area contributed by atoms with Crippen LogP contribution < -0.4 is 11.5 Å². The van der Waals surface area contributed by atoms with Crippen molar-refractivity contribution in [2.24, 2.45) is 11.5 Å². The minimum Gasteiger partial charge on any atom is -0.366 e. The fourth-order valence-electron chi connectivity index (χ4n) is 2.33. The van der Waals surface area contributed by atoms with E-state index in [2.05, 4.69) is 21.8 Å². The summed E-state index contributed by atoms with van der Waals surface area (Å²) in [7, 11) is 0. The summed E-state index contributed by atoms with van der Waals surface area (Å²) in [6.45, 7) is 0.542. The van der Waals surface area contributed by atoms with Gasteiger partial charge in [0.2, 0.25) is 5.91 Å². The molecule has 0 spiro atoms. The Balaban J connectivity index is 1.99. The fraction of sp³-hybridized carbons (Fsp3) is 0.111. The summed E-state index contributed by atoms with van der Waals surface area (Å²) in [6, 6.07) is 12.8. The lowest BCUT2D eigenvalue weighted by Gasteiger charge is -1.96. The normalized spacial score (nSPS) is 10.3. The maximum absolute atomic E-state index is 11.2. The molecule has 0 bridgehead atoms. The van der Waals surface area contributed by atoms with Gasteiger partial charge in [-0.3, -0.25) is 4.79 Å². The molecule has 0 aliphatic carbocycles. The minimum atomic E-state index is -0.463. The number of fused-ring (bicyclic) bond motifs is 1. The summed E-state index contributed by atoms with van der Waals surface area (Å²) < 4.78 is 0. The third-order valence-electron chi connectivity index (χ3n) is 3.43. The standard InChI is InChI=1S/C18H16N4O/c19-10-9-16-21-15-6-2-4-13(17(15)22-16)8-7-12-3-1-5-14(11-12)18(20)23/h1-6,11H,9-10,19H2,(H2,20,23)(H,21,22). The lowest BCUT2D eigenvalue weighted by Crippen LogP contribution is -2.10. The summed E-state index contributed by atoms with van der Waals surface area (Å²) in [5.74, 6) is 6.55. The van der Waals surface area contributed by atoms with Crippen LogP contribution in [0.1, 0.15) is 27.3 Å². The van der Waals surface area contributed by atoms with Gasteiger partial charge >= 0.3 is 0 Å². The molecule has 0 aliphatic heterocycles. The monoisotopic (exact) mass is 304 g/mol. The van der Waals surface area contributed by atoms with Crippen LogP contribution in [0.2, 0.25) is 0 Å². The first kappa shape index (κ1) is 14.8. The molecule has 5 N–H and O–H groups in total. The van der Waals surface area contributed by atoms with E-state index in [1.807, 2.05) is 24.3 Å². The number of aromatic nitrogens is 2. The molecule has 0 unspecified atom stereocenters. The molecule has 0 radical (unpaired) electrons. The summed E-state index contributed by atoms with van der Waals surface area (Å²) in [4.78, 5) is 19.0. The van der Waals surface area contributed by atoms with E-state index in [0.717, 1.165) is 28.0 Å². The number of H-pyrrole nitrogens is 1. The highest BCUT2D eigenvalue weighted by Gasteiger charge is 2.05. The zero-order chi connectivity index (χ0) is 16.2. The molecule has 3 rings (SSSR count). The zero-order valence-electron chi connectivity index (χ0n) is 12.5. The van der Waals surface area contributed by atoms with Crippen LogP contribution in [0.5, 0.6) is 0 Å². The first-order valence-corrected chi connectivity index (χ1v) is 7.27. The number of benzene rings is 2. The average molecular weight is 304 g/mol. The first-order valence-electron chi connectivity index (χ1n) is 7.27. The quantitative estimate of drug-likeness (QED) is 0.640. The van der Waals surface area contributed by atoms with Crippen molar-refractivity contribution in [3.8, 4) is 11.8 Å². The number of para-hydroxylation sites is 1. The molecule has 0 saturated heterocycles. The van der Waals surface area contributed by atoms with Gasteiger partial charge in [-0.1, -0.05) is 24.0 Å². The van der Waals surface area contributed by atoms with Crippen molar-refractivity contribution >= 4 is 16.9 Å². The smallest absolute Gasteiger partial charge is 0.248 e. The Morgan fingerprint density at radius 1 is 1.17 bits per heavy atom. The van der Waals surface area contributed by atoms with Crippen molar-refractivity contribution in [3.05, 3.63) is 65.0 Å². The van der Waals surface area contributed by atoms with E-state index < -0.39 is 5.91 Å². The largest absolute Gasteiger partial charge is 0.366 e. The molecule has 5 heteroatoms. The lowest BCUT2D eigenvalue weighted by molar-refractivity contribution is 0.100. The van der Waals surface area contributed by atoms with Gasteiger partial charge in [0, 0.05) is 17.5 Å². The van der Waals surface area contributed by atoms with Crippen LogP contribution in [-0.4, -0.2) is 22.4 Å². The van der Waals surface area contributed by atoms with Crippen LogP contribution in [-0.2, 0) is 6.42 Å². The van der Waals surface area contributed by atoms with E-state index in [4.69, 9.17) is 11.5 Å². The molecular weight excluding hydrogens is 288 g/mol. The second-order valence-corrected chi connectivity index (χ2v) is 5.12. The van der Waals surface area contributed by atoms with Crippen LogP contribution in [0.15, 0.2) is 42.5 Å². The first-order chi connectivity index (χ1) is 11.2. The van der Waals surface area contributed by atoms with Gasteiger partial charge in [0.05, 0.1) is 11.1 Å². The van der Waals surface area contributed by atoms with Crippen LogP contribution in [0, 0.1) is 11.8 Å². The number of rotatable bonds is 3. The maximum Gasteiger partial charge on any atom is 0.248 e. The molecule has 2 aromatic carbocycles. The van der Waals surface area contributed by atoms with E-state index in [1.54, 1.807) is 18.2 Å². The number of hydrogen-bond acceptors (Lipinski definition) is 3. The third kappa shape index (κ3) is 3.23. The number of amides is 1. The van der Waals surface area contributed by atoms with Crippen molar-refractivity contribution < 1.29 is 4.79 Å². The van der Waals surface area contributed by atoms with Gasteiger partial charge in [0.15, 0.2) is 0 Å². The van der Waals surface area contributed by atoms with E-state index in [0.29, 0.717) is 18.5 Å². The number of carbonyl (C=O) groups excluding carboxylic acids is 1. The van der Waals surface area contributed by atoms with Gasteiger partial charge in [0.25, 0.3) is 0 Å². The van der Waals surface area contributed by atoms with E-state index in [9.17, 15) is 4.79 Å². The molecule has 1 amide bonds. The number of primary amides is 1. The SMILES string of the molecule is NCCc1nc2c(C#Cc3cccc(C(N)=O)c3)cccc2[nH]1. The predicted octanol–water partition coefficient (Wildman–Crippen LogP) is 1.56. The van der Waals surface area contributed by atoms with E-state index >= 15 is 0 Å². The Morgan fingerprint density at radius 3 is 2.78 bits per heavy atom. The Morgan fingerprint density at radius 2 is 2.00 bits per heavy atom. The van der Waals surface area contributed by atoms with Crippen LogP contribution in [0.25, 0.3) is 11.0 Å². The number of carbonyl (C=O) groups is 1. The molecule has 0 fully saturated rings.